The first-order chi connectivity index (χ1) is 13.9. The molecule has 0 aliphatic rings. The van der Waals surface area contributed by atoms with Crippen LogP contribution in [0.3, 0.4) is 0 Å². The molecule has 0 saturated carbocycles. The molecular formula is C21H22N6OS. The Bertz CT molecular complexity index is 1160. The van der Waals surface area contributed by atoms with Crippen molar-refractivity contribution < 1.29 is 4.79 Å². The van der Waals surface area contributed by atoms with Gasteiger partial charge < -0.3 is 5.32 Å². The number of carbonyl (C=O) groups excluding carboxylic acids is 1. The van der Waals surface area contributed by atoms with E-state index in [1.54, 1.807) is 18.6 Å². The summed E-state index contributed by atoms with van der Waals surface area (Å²) in [6.45, 7) is 7.89. The van der Waals surface area contributed by atoms with Gasteiger partial charge >= 0.3 is 0 Å². The zero-order valence-corrected chi connectivity index (χ0v) is 17.6. The first-order valence-corrected chi connectivity index (χ1v) is 10.3. The molecule has 1 N–H and O–H groups in total. The van der Waals surface area contributed by atoms with Crippen molar-refractivity contribution in [2.24, 2.45) is 0 Å². The molecule has 7 nitrogen and oxygen atoms in total. The maximum atomic E-state index is 12.9. The lowest BCUT2D eigenvalue weighted by Crippen LogP contribution is -2.27. The fraction of sp³-hybridized carbons (Fsp3) is 0.286. The van der Waals surface area contributed by atoms with Crippen LogP contribution in [0.25, 0.3) is 22.3 Å². The summed E-state index contributed by atoms with van der Waals surface area (Å²) in [5.41, 5.74) is 3.85. The largest absolute Gasteiger partial charge is 0.343 e. The molecule has 1 amide bonds. The number of hydrogen-bond donors (Lipinski definition) is 1. The van der Waals surface area contributed by atoms with Gasteiger partial charge in [0.15, 0.2) is 5.65 Å². The van der Waals surface area contributed by atoms with Crippen molar-refractivity contribution in [2.45, 2.75) is 39.8 Å². The second-order valence-electron chi connectivity index (χ2n) is 7.22. The van der Waals surface area contributed by atoms with Crippen molar-refractivity contribution >= 4 is 28.3 Å². The van der Waals surface area contributed by atoms with Crippen LogP contribution in [0.4, 0.5) is 0 Å². The number of pyridine rings is 2. The summed E-state index contributed by atoms with van der Waals surface area (Å²) in [4.78, 5) is 26.3. The van der Waals surface area contributed by atoms with Gasteiger partial charge in [-0.2, -0.15) is 5.10 Å². The number of fused-ring (bicyclic) bond motifs is 1. The first kappa shape index (κ1) is 19.2. The molecule has 0 aliphatic heterocycles. The van der Waals surface area contributed by atoms with Gasteiger partial charge in [0.1, 0.15) is 5.01 Å². The summed E-state index contributed by atoms with van der Waals surface area (Å²) in [5, 5.41) is 11.1. The van der Waals surface area contributed by atoms with Crippen molar-refractivity contribution in [3.63, 3.8) is 0 Å². The van der Waals surface area contributed by atoms with E-state index >= 15 is 0 Å². The second-order valence-corrected chi connectivity index (χ2v) is 8.11. The third kappa shape index (κ3) is 3.75. The average Bonchev–Trinajstić information content (AvgIpc) is 3.35. The van der Waals surface area contributed by atoms with Crippen LogP contribution in [-0.2, 0) is 0 Å². The monoisotopic (exact) mass is 406 g/mol. The number of nitrogens with one attached hydrogen (secondary N) is 1. The minimum Gasteiger partial charge on any atom is -0.343 e. The van der Waals surface area contributed by atoms with E-state index in [1.807, 2.05) is 42.1 Å². The molecule has 0 fully saturated rings. The van der Waals surface area contributed by atoms with Crippen LogP contribution < -0.4 is 5.32 Å². The standard InChI is InChI=1S/C21H22N6OS/c1-12(2)27-19-16(10-23-27)8-17(13(3)24-19)20(28)25-14(4)21-26-18(11-29-21)15-6-5-7-22-9-15/h5-12,14H,1-4H3,(H,25,28). The van der Waals surface area contributed by atoms with Crippen LogP contribution >= 0.6 is 11.3 Å². The predicted octanol–water partition coefficient (Wildman–Crippen LogP) is 4.33. The zero-order valence-electron chi connectivity index (χ0n) is 16.7. The van der Waals surface area contributed by atoms with E-state index in [0.29, 0.717) is 11.3 Å². The third-order valence-electron chi connectivity index (χ3n) is 4.69. The average molecular weight is 407 g/mol. The van der Waals surface area contributed by atoms with Crippen molar-refractivity contribution in [1.29, 1.82) is 0 Å². The molecule has 4 rings (SSSR count). The van der Waals surface area contributed by atoms with Gasteiger partial charge in [-0.25, -0.2) is 14.6 Å². The number of hydrogen-bond acceptors (Lipinski definition) is 6. The van der Waals surface area contributed by atoms with Gasteiger partial charge in [0.2, 0.25) is 0 Å². The van der Waals surface area contributed by atoms with Gasteiger partial charge in [-0.3, -0.25) is 9.78 Å². The molecule has 4 aromatic rings. The molecule has 0 aliphatic carbocycles. The van der Waals surface area contributed by atoms with E-state index < -0.39 is 0 Å². The predicted molar refractivity (Wildman–Crippen MR) is 114 cm³/mol. The third-order valence-corrected chi connectivity index (χ3v) is 5.72. The Morgan fingerprint density at radius 2 is 2.03 bits per heavy atom. The van der Waals surface area contributed by atoms with Crippen LogP contribution in [0.1, 0.15) is 53.9 Å². The Kier molecular flexibility index (Phi) is 5.10. The van der Waals surface area contributed by atoms with E-state index in [2.05, 4.69) is 39.2 Å². The molecule has 0 bridgehead atoms. The van der Waals surface area contributed by atoms with Crippen LogP contribution in [-0.4, -0.2) is 30.6 Å². The Hall–Kier alpha value is -3.13. The molecule has 29 heavy (non-hydrogen) atoms. The Morgan fingerprint density at radius 3 is 2.76 bits per heavy atom. The minimum absolute atomic E-state index is 0.167. The Morgan fingerprint density at radius 1 is 1.21 bits per heavy atom. The summed E-state index contributed by atoms with van der Waals surface area (Å²) < 4.78 is 1.86. The number of rotatable bonds is 5. The number of nitrogens with zero attached hydrogens (tertiary/aromatic N) is 5. The van der Waals surface area contributed by atoms with Gasteiger partial charge in [-0.1, -0.05) is 0 Å². The summed E-state index contributed by atoms with van der Waals surface area (Å²) in [5.74, 6) is -0.167. The second kappa shape index (κ2) is 7.71. The molecule has 0 aromatic carbocycles. The normalized spacial score (nSPS) is 12.4. The van der Waals surface area contributed by atoms with Crippen LogP contribution in [0.2, 0.25) is 0 Å². The van der Waals surface area contributed by atoms with E-state index in [4.69, 9.17) is 0 Å². The van der Waals surface area contributed by atoms with Gasteiger partial charge in [0.05, 0.1) is 29.2 Å². The topological polar surface area (TPSA) is 85.6 Å². The SMILES string of the molecule is Cc1nc2c(cnn2C(C)C)cc1C(=O)NC(C)c1nc(-c2cccnc2)cs1. The highest BCUT2D eigenvalue weighted by Gasteiger charge is 2.19. The highest BCUT2D eigenvalue weighted by Crippen LogP contribution is 2.25. The number of thiazole rings is 1. The highest BCUT2D eigenvalue weighted by molar-refractivity contribution is 7.10. The number of aromatic nitrogens is 5. The van der Waals surface area contributed by atoms with Gasteiger partial charge in [-0.05, 0) is 45.9 Å². The lowest BCUT2D eigenvalue weighted by atomic mass is 10.1. The Labute approximate surface area is 172 Å². The highest BCUT2D eigenvalue weighted by atomic mass is 32.1. The molecule has 0 saturated heterocycles. The van der Waals surface area contributed by atoms with Crippen LogP contribution in [0, 0.1) is 6.92 Å². The fourth-order valence-electron chi connectivity index (χ4n) is 3.14. The quantitative estimate of drug-likeness (QED) is 0.533. The maximum Gasteiger partial charge on any atom is 0.253 e. The maximum absolute atomic E-state index is 12.9. The van der Waals surface area contributed by atoms with E-state index in [9.17, 15) is 4.79 Å². The Balaban J connectivity index is 1.55. The van der Waals surface area contributed by atoms with Crippen molar-refractivity contribution in [3.8, 4) is 11.3 Å². The summed E-state index contributed by atoms with van der Waals surface area (Å²) in [6.07, 6.45) is 5.27. The molecule has 1 unspecified atom stereocenters. The van der Waals surface area contributed by atoms with Crippen LogP contribution in [0.15, 0.2) is 42.2 Å². The van der Waals surface area contributed by atoms with E-state index in [-0.39, 0.29) is 18.0 Å². The molecular weight excluding hydrogens is 384 g/mol. The molecule has 1 atom stereocenters. The lowest BCUT2D eigenvalue weighted by Gasteiger charge is -2.13. The molecule has 4 aromatic heterocycles. The summed E-state index contributed by atoms with van der Waals surface area (Å²) in [7, 11) is 0. The molecule has 4 heterocycles. The van der Waals surface area contributed by atoms with Gasteiger partial charge in [-0.15, -0.1) is 11.3 Å². The summed E-state index contributed by atoms with van der Waals surface area (Å²) in [6, 6.07) is 5.70. The molecule has 0 spiro atoms. The number of aryl methyl sites for hydroxylation is 1. The molecule has 148 valence electrons. The van der Waals surface area contributed by atoms with Crippen LogP contribution in [0.5, 0.6) is 0 Å². The number of amides is 1. The van der Waals surface area contributed by atoms with Crippen molar-refractivity contribution in [2.75, 3.05) is 0 Å². The molecule has 8 heteroatoms. The lowest BCUT2D eigenvalue weighted by molar-refractivity contribution is 0.0939. The van der Waals surface area contributed by atoms with Gasteiger partial charge in [0.25, 0.3) is 5.91 Å². The number of carbonyl (C=O) groups is 1. The summed E-state index contributed by atoms with van der Waals surface area (Å²) >= 11 is 1.52. The first-order valence-electron chi connectivity index (χ1n) is 9.45. The van der Waals surface area contributed by atoms with E-state index in [0.717, 1.165) is 27.3 Å². The van der Waals surface area contributed by atoms with Gasteiger partial charge in [0, 0.05) is 34.8 Å². The smallest absolute Gasteiger partial charge is 0.253 e. The zero-order chi connectivity index (χ0) is 20.5. The van der Waals surface area contributed by atoms with E-state index in [1.165, 1.54) is 11.3 Å². The van der Waals surface area contributed by atoms with Crippen molar-refractivity contribution in [1.82, 2.24) is 30.0 Å². The fourth-order valence-corrected chi connectivity index (χ4v) is 3.98. The van der Waals surface area contributed by atoms with Crippen molar-refractivity contribution in [3.05, 3.63) is 58.4 Å². The molecule has 0 radical (unpaired) electrons. The minimum atomic E-state index is -0.216.